The number of benzene rings is 6. The summed E-state index contributed by atoms with van der Waals surface area (Å²) in [5.41, 5.74) is 7.53. The van der Waals surface area contributed by atoms with E-state index in [4.69, 9.17) is 47.4 Å². The molecule has 8 rings (SSSR count). The molecule has 0 fully saturated rings. The molecule has 13 heteroatoms. The molecule has 64 heavy (non-hydrogen) atoms. The van der Waals surface area contributed by atoms with Gasteiger partial charge in [-0.05, 0) is 100.0 Å². The number of nitrogens with one attached hydrogen (secondary N) is 2. The van der Waals surface area contributed by atoms with E-state index in [0.717, 1.165) is 44.5 Å². The molecule has 3 amide bonds. The van der Waals surface area contributed by atoms with Crippen LogP contribution in [0, 0.1) is 11.3 Å². The molecule has 324 valence electrons. The van der Waals surface area contributed by atoms with Gasteiger partial charge in [-0.3, -0.25) is 4.79 Å². The molecule has 11 nitrogen and oxygen atoms in total. The van der Waals surface area contributed by atoms with Crippen molar-refractivity contribution in [3.63, 3.8) is 0 Å². The van der Waals surface area contributed by atoms with E-state index in [9.17, 15) is 14.4 Å². The van der Waals surface area contributed by atoms with E-state index in [2.05, 4.69) is 16.7 Å². The molecule has 2 aliphatic rings. The van der Waals surface area contributed by atoms with Crippen molar-refractivity contribution in [2.75, 3.05) is 13.7 Å². The van der Waals surface area contributed by atoms with Crippen LogP contribution in [0.15, 0.2) is 133 Å². The minimum atomic E-state index is -1.03. The molecule has 0 aliphatic carbocycles. The highest BCUT2D eigenvalue weighted by atomic mass is 35.5. The molecule has 1 unspecified atom stereocenters. The van der Waals surface area contributed by atoms with Gasteiger partial charge in [-0.15, -0.1) is 0 Å². The van der Waals surface area contributed by atoms with Crippen LogP contribution in [0.4, 0.5) is 4.79 Å². The molecule has 4 atom stereocenters. The average Bonchev–Trinajstić information content (AvgIpc) is 3.33. The second-order valence-corrected chi connectivity index (χ2v) is 16.5. The number of esters is 1. The van der Waals surface area contributed by atoms with Gasteiger partial charge in [0.15, 0.2) is 17.6 Å². The van der Waals surface area contributed by atoms with Crippen LogP contribution in [0.5, 0.6) is 17.2 Å². The van der Waals surface area contributed by atoms with Gasteiger partial charge in [0, 0.05) is 19.4 Å². The van der Waals surface area contributed by atoms with E-state index < -0.39 is 36.1 Å². The number of nitrogens with zero attached hydrogens (tertiary/aromatic N) is 2. The first-order chi connectivity index (χ1) is 31.0. The van der Waals surface area contributed by atoms with Gasteiger partial charge in [0.05, 0.1) is 34.8 Å². The number of carbonyl (C=O) groups is 3. The lowest BCUT2D eigenvalue weighted by Gasteiger charge is -2.38. The Labute approximate surface area is 381 Å². The molecule has 0 aromatic heterocycles. The van der Waals surface area contributed by atoms with Crippen molar-refractivity contribution in [1.29, 1.82) is 5.26 Å². The van der Waals surface area contributed by atoms with Crippen LogP contribution >= 0.6 is 23.2 Å². The summed E-state index contributed by atoms with van der Waals surface area (Å²) in [6, 6.07) is 40.5. The van der Waals surface area contributed by atoms with E-state index >= 15 is 0 Å². The Morgan fingerprint density at radius 2 is 1.50 bits per heavy atom. The number of methoxy groups -OCH3 is 1. The predicted molar refractivity (Wildman–Crippen MR) is 243 cm³/mol. The van der Waals surface area contributed by atoms with E-state index in [-0.39, 0.29) is 32.0 Å². The number of rotatable bonds is 12. The molecule has 2 heterocycles. The minimum absolute atomic E-state index is 0.0899. The standard InChI is InChI=1S/C51H44Cl2N4O7/c1-31(35-6-4-3-5-7-35)55-51(60)57-28-40-26-47-46(63-30-48(64-47)38-17-19-41(20-18-38)62-29-34-12-21-42(52)43(53)22-34)25-39(40)24-45(57)49(58)56-44(50(59)61-2)23-32-8-13-36(14-9-32)37-15-10-33(27-54)11-16-37/h3-22,25-26,31,44-45,48H,23-24,28-30H2,1-2H3,(H,55,60)(H,56,58)/t31-,44?,45-,48+/m0/s1. The zero-order valence-electron chi connectivity index (χ0n) is 35.1. The summed E-state index contributed by atoms with van der Waals surface area (Å²) in [5, 5.41) is 16.1. The number of hydrogen-bond acceptors (Lipinski definition) is 8. The monoisotopic (exact) mass is 894 g/mol. The average molecular weight is 896 g/mol. The van der Waals surface area contributed by atoms with Crippen LogP contribution in [0.2, 0.25) is 10.0 Å². The maximum absolute atomic E-state index is 14.4. The Hall–Kier alpha value is -7.00. The summed E-state index contributed by atoms with van der Waals surface area (Å²) in [4.78, 5) is 43.3. The van der Waals surface area contributed by atoms with E-state index in [1.807, 2.05) is 116 Å². The first kappa shape index (κ1) is 43.6. The third-order valence-corrected chi connectivity index (χ3v) is 12.2. The maximum Gasteiger partial charge on any atom is 0.328 e. The third-order valence-electron chi connectivity index (χ3n) is 11.4. The molecule has 6 aromatic carbocycles. The van der Waals surface area contributed by atoms with Gasteiger partial charge in [0.25, 0.3) is 0 Å². The number of ether oxygens (including phenoxy) is 4. The fourth-order valence-electron chi connectivity index (χ4n) is 7.84. The normalized spacial score (nSPS) is 16.0. The fraction of sp³-hybridized carbons (Fsp3) is 0.216. The second kappa shape index (κ2) is 19.6. The third kappa shape index (κ3) is 10.1. The Morgan fingerprint density at radius 3 is 2.19 bits per heavy atom. The van der Waals surface area contributed by atoms with Crippen molar-refractivity contribution in [2.45, 2.75) is 57.1 Å². The number of halogens is 2. The van der Waals surface area contributed by atoms with Crippen LogP contribution in [0.25, 0.3) is 11.1 Å². The van der Waals surface area contributed by atoms with Gasteiger partial charge in [-0.2, -0.15) is 5.26 Å². The molecular weight excluding hydrogens is 851 g/mol. The molecule has 2 N–H and O–H groups in total. The Balaban J connectivity index is 0.990. The summed E-state index contributed by atoms with van der Waals surface area (Å²) in [5.74, 6) is 0.605. The lowest BCUT2D eigenvalue weighted by atomic mass is 9.92. The van der Waals surface area contributed by atoms with Crippen LogP contribution in [-0.2, 0) is 40.3 Å². The predicted octanol–water partition coefficient (Wildman–Crippen LogP) is 9.72. The summed E-state index contributed by atoms with van der Waals surface area (Å²) in [7, 11) is 1.28. The number of carbonyl (C=O) groups excluding carboxylic acids is 3. The molecule has 0 bridgehead atoms. The topological polar surface area (TPSA) is 139 Å². The molecule has 0 saturated heterocycles. The van der Waals surface area contributed by atoms with Crippen molar-refractivity contribution < 1.29 is 33.3 Å². The van der Waals surface area contributed by atoms with Crippen molar-refractivity contribution in [3.05, 3.63) is 182 Å². The van der Waals surface area contributed by atoms with Crippen molar-refractivity contribution >= 4 is 41.1 Å². The molecule has 2 aliphatic heterocycles. The highest BCUT2D eigenvalue weighted by molar-refractivity contribution is 6.42. The highest BCUT2D eigenvalue weighted by Gasteiger charge is 2.38. The van der Waals surface area contributed by atoms with Crippen LogP contribution in [0.1, 0.15) is 58.0 Å². The fourth-order valence-corrected chi connectivity index (χ4v) is 8.16. The SMILES string of the molecule is COC(=O)C(Cc1ccc(-c2ccc(C#N)cc2)cc1)NC(=O)[C@@H]1Cc2cc3c(cc2CN1C(=O)N[C@@H](C)c1ccccc1)O[C@@H](c1ccc(OCc2ccc(Cl)c(Cl)c2)cc1)CO3. The molecule has 0 spiro atoms. The van der Waals surface area contributed by atoms with Gasteiger partial charge >= 0.3 is 12.0 Å². The van der Waals surface area contributed by atoms with Crippen LogP contribution in [0.3, 0.4) is 0 Å². The van der Waals surface area contributed by atoms with Crippen LogP contribution < -0.4 is 24.8 Å². The zero-order valence-corrected chi connectivity index (χ0v) is 36.6. The maximum atomic E-state index is 14.4. The lowest BCUT2D eigenvalue weighted by Crippen LogP contribution is -2.58. The Kier molecular flexibility index (Phi) is 13.4. The van der Waals surface area contributed by atoms with Crippen molar-refractivity contribution in [2.24, 2.45) is 0 Å². The summed E-state index contributed by atoms with van der Waals surface area (Å²) >= 11 is 12.2. The first-order valence-corrected chi connectivity index (χ1v) is 21.5. The minimum Gasteiger partial charge on any atom is -0.489 e. The van der Waals surface area contributed by atoms with Gasteiger partial charge in [-0.25, -0.2) is 9.59 Å². The number of nitriles is 1. The van der Waals surface area contributed by atoms with E-state index in [1.54, 1.807) is 24.3 Å². The Morgan fingerprint density at radius 1 is 0.812 bits per heavy atom. The summed E-state index contributed by atoms with van der Waals surface area (Å²) in [6.07, 6.45) is -0.100. The molecule has 0 saturated carbocycles. The molecule has 6 aromatic rings. The number of hydrogen-bond donors (Lipinski definition) is 2. The van der Waals surface area contributed by atoms with E-state index in [1.165, 1.54) is 12.0 Å². The largest absolute Gasteiger partial charge is 0.489 e. The summed E-state index contributed by atoms with van der Waals surface area (Å²) in [6.45, 7) is 2.55. The van der Waals surface area contributed by atoms with Crippen molar-refractivity contribution in [1.82, 2.24) is 15.5 Å². The summed E-state index contributed by atoms with van der Waals surface area (Å²) < 4.78 is 23.9. The van der Waals surface area contributed by atoms with Gasteiger partial charge in [-0.1, -0.05) is 108 Å². The first-order valence-electron chi connectivity index (χ1n) is 20.8. The van der Waals surface area contributed by atoms with Crippen LogP contribution in [-0.4, -0.2) is 48.6 Å². The Bertz CT molecular complexity index is 2690. The lowest BCUT2D eigenvalue weighted by molar-refractivity contribution is -0.145. The van der Waals surface area contributed by atoms with Gasteiger partial charge in [0.1, 0.15) is 31.0 Å². The molecule has 0 radical (unpaired) electrons. The number of fused-ring (bicyclic) bond motifs is 2. The second-order valence-electron chi connectivity index (χ2n) is 15.7. The zero-order chi connectivity index (χ0) is 44.7. The quantitative estimate of drug-likeness (QED) is 0.116. The number of urea groups is 1. The number of amides is 3. The van der Waals surface area contributed by atoms with E-state index in [0.29, 0.717) is 39.5 Å². The smallest absolute Gasteiger partial charge is 0.328 e. The molecular formula is C51H44Cl2N4O7. The van der Waals surface area contributed by atoms with Crippen molar-refractivity contribution in [3.8, 4) is 34.4 Å². The van der Waals surface area contributed by atoms with Gasteiger partial charge < -0.3 is 34.5 Å². The highest BCUT2D eigenvalue weighted by Crippen LogP contribution is 2.41. The van der Waals surface area contributed by atoms with Gasteiger partial charge in [0.2, 0.25) is 5.91 Å².